The van der Waals surface area contributed by atoms with Gasteiger partial charge in [-0.1, -0.05) is 54.6 Å². The Morgan fingerprint density at radius 3 is 2.10 bits per heavy atom. The second-order valence-electron chi connectivity index (χ2n) is 6.46. The number of nitrogens with one attached hydrogen (secondary N) is 2. The number of carboxylic acid groups (broad SMARTS) is 1. The molecule has 10 heteroatoms. The van der Waals surface area contributed by atoms with Crippen molar-refractivity contribution in [3.63, 3.8) is 0 Å². The summed E-state index contributed by atoms with van der Waals surface area (Å²) in [4.78, 5) is 35.8. The van der Waals surface area contributed by atoms with Gasteiger partial charge in [0, 0.05) is 5.56 Å². The van der Waals surface area contributed by atoms with Crippen LogP contribution in [0.1, 0.15) is 32.3 Å². The summed E-state index contributed by atoms with van der Waals surface area (Å²) >= 11 is 0. The van der Waals surface area contributed by atoms with E-state index in [0.29, 0.717) is 0 Å². The van der Waals surface area contributed by atoms with Crippen LogP contribution in [0.2, 0.25) is 0 Å². The van der Waals surface area contributed by atoms with Crippen molar-refractivity contribution >= 4 is 17.8 Å². The average Bonchev–Trinajstić information content (AvgIpc) is 2.67. The Bertz CT molecular complexity index is 947. The maximum absolute atomic E-state index is 13.8. The zero-order chi connectivity index (χ0) is 21.4. The highest BCUT2D eigenvalue weighted by atomic mass is 19.4. The Kier molecular flexibility index (Phi) is 5.05. The van der Waals surface area contributed by atoms with Crippen LogP contribution < -0.4 is 15.7 Å². The van der Waals surface area contributed by atoms with E-state index in [0.717, 1.165) is 24.3 Å². The first-order chi connectivity index (χ1) is 13.5. The van der Waals surface area contributed by atoms with Crippen molar-refractivity contribution in [3.05, 3.63) is 71.3 Å². The molecule has 0 radical (unpaired) electrons. The van der Waals surface area contributed by atoms with Crippen molar-refractivity contribution < 1.29 is 37.8 Å². The maximum Gasteiger partial charge on any atom is 0.437 e. The number of ketones is 1. The van der Waals surface area contributed by atoms with Gasteiger partial charge in [0.1, 0.15) is 5.92 Å². The number of aromatic carboxylic acids is 1. The highest BCUT2D eigenvalue weighted by molar-refractivity contribution is 6.00. The molecule has 0 bridgehead atoms. The van der Waals surface area contributed by atoms with Gasteiger partial charge in [-0.05, 0) is 11.1 Å². The number of carbonyl (C=O) groups excluding carboxylic acids is 3. The molecule has 0 aromatic heterocycles. The van der Waals surface area contributed by atoms with Gasteiger partial charge >= 0.3 is 12.2 Å². The molecule has 1 aliphatic rings. The molecule has 3 atom stereocenters. The summed E-state index contributed by atoms with van der Waals surface area (Å²) in [7, 11) is 0. The van der Waals surface area contributed by atoms with E-state index in [1.54, 1.807) is 6.07 Å². The number of urea groups is 1. The first-order valence-electron chi connectivity index (χ1n) is 8.33. The molecular formula is C19H14F3N2O5-. The van der Waals surface area contributed by atoms with Gasteiger partial charge in [0.2, 0.25) is 5.72 Å². The molecule has 1 aliphatic heterocycles. The lowest BCUT2D eigenvalue weighted by atomic mass is 9.77. The van der Waals surface area contributed by atoms with Gasteiger partial charge in [-0.25, -0.2) is 4.79 Å². The molecule has 2 amide bonds. The first-order valence-corrected chi connectivity index (χ1v) is 8.33. The Labute approximate surface area is 162 Å². The van der Waals surface area contributed by atoms with E-state index >= 15 is 0 Å². The normalized spacial score (nSPS) is 24.3. The molecule has 3 rings (SSSR count). The van der Waals surface area contributed by atoms with E-state index in [-0.39, 0.29) is 16.7 Å². The number of hydrogen-bond acceptors (Lipinski definition) is 5. The highest BCUT2D eigenvalue weighted by Gasteiger charge is 2.66. The molecule has 1 saturated heterocycles. The summed E-state index contributed by atoms with van der Waals surface area (Å²) in [5, 5.41) is 25.0. The van der Waals surface area contributed by atoms with Crippen LogP contribution in [-0.2, 0) is 0 Å². The fourth-order valence-corrected chi connectivity index (χ4v) is 3.23. The molecule has 0 saturated carbocycles. The van der Waals surface area contributed by atoms with E-state index in [2.05, 4.69) is 5.32 Å². The van der Waals surface area contributed by atoms with Crippen LogP contribution in [-0.4, -0.2) is 34.8 Å². The first kappa shape index (κ1) is 20.3. The lowest BCUT2D eigenvalue weighted by Crippen LogP contribution is -2.72. The van der Waals surface area contributed by atoms with Crippen LogP contribution in [0.15, 0.2) is 54.6 Å². The van der Waals surface area contributed by atoms with Crippen molar-refractivity contribution in [1.29, 1.82) is 0 Å². The molecular weight excluding hydrogens is 393 g/mol. The predicted octanol–water partition coefficient (Wildman–Crippen LogP) is 1.15. The van der Waals surface area contributed by atoms with E-state index < -0.39 is 41.6 Å². The summed E-state index contributed by atoms with van der Waals surface area (Å²) in [6, 6.07) is 8.51. The Hall–Kier alpha value is -3.40. The van der Waals surface area contributed by atoms with Crippen LogP contribution >= 0.6 is 0 Å². The number of carboxylic acids is 1. The van der Waals surface area contributed by atoms with Gasteiger partial charge in [-0.15, -0.1) is 0 Å². The summed E-state index contributed by atoms with van der Waals surface area (Å²) in [6.07, 6.45) is -5.37. The molecule has 152 valence electrons. The highest BCUT2D eigenvalue weighted by Crippen LogP contribution is 2.43. The molecule has 3 N–H and O–H groups in total. The van der Waals surface area contributed by atoms with Crippen LogP contribution in [0, 0.1) is 5.92 Å². The SMILES string of the molecule is O=C1N[C@H](c2ccc(C(=O)[O-])cc2)[C@@H](C(=O)c2ccccc2)[C@@](O)(C(F)(F)F)N1. The summed E-state index contributed by atoms with van der Waals surface area (Å²) in [5.41, 5.74) is -4.19. The second kappa shape index (κ2) is 7.21. The summed E-state index contributed by atoms with van der Waals surface area (Å²) < 4.78 is 41.3. The molecule has 1 fully saturated rings. The third kappa shape index (κ3) is 3.66. The zero-order valence-electron chi connectivity index (χ0n) is 14.6. The van der Waals surface area contributed by atoms with Crippen molar-refractivity contribution in [1.82, 2.24) is 10.6 Å². The van der Waals surface area contributed by atoms with Crippen LogP contribution in [0.25, 0.3) is 0 Å². The van der Waals surface area contributed by atoms with Crippen LogP contribution in [0.3, 0.4) is 0 Å². The molecule has 1 heterocycles. The predicted molar refractivity (Wildman–Crippen MR) is 90.4 cm³/mol. The van der Waals surface area contributed by atoms with Gasteiger partial charge in [0.25, 0.3) is 0 Å². The van der Waals surface area contributed by atoms with Gasteiger partial charge in [0.15, 0.2) is 5.78 Å². The second-order valence-corrected chi connectivity index (χ2v) is 6.46. The smallest absolute Gasteiger partial charge is 0.437 e. The lowest BCUT2D eigenvalue weighted by Gasteiger charge is -2.45. The largest absolute Gasteiger partial charge is 0.545 e. The van der Waals surface area contributed by atoms with Crippen LogP contribution in [0.5, 0.6) is 0 Å². The number of Topliss-reactive ketones (excluding diaryl/α,β-unsaturated/α-hetero) is 1. The Morgan fingerprint density at radius 1 is 1.00 bits per heavy atom. The number of benzene rings is 2. The standard InChI is InChI=1S/C19H15F3N2O5/c20-19(21,22)18(29)13(15(25)11-4-2-1-3-5-11)14(23-17(28)24-18)10-6-8-12(9-7-10)16(26)27/h1-9,13-14,29H,(H,26,27)(H2,23,24,28)/p-1/t13-,14+,18+/m0/s1. The number of carbonyl (C=O) groups is 3. The van der Waals surface area contributed by atoms with Crippen LogP contribution in [0.4, 0.5) is 18.0 Å². The zero-order valence-corrected chi connectivity index (χ0v) is 14.6. The lowest BCUT2D eigenvalue weighted by molar-refractivity contribution is -0.287. The van der Waals surface area contributed by atoms with E-state index in [4.69, 9.17) is 0 Å². The number of amides is 2. The topological polar surface area (TPSA) is 119 Å². The summed E-state index contributed by atoms with van der Waals surface area (Å²) in [5.74, 6) is -4.75. The number of halogens is 3. The third-order valence-corrected chi connectivity index (χ3v) is 4.65. The Balaban J connectivity index is 2.14. The van der Waals surface area contributed by atoms with Crippen molar-refractivity contribution in [3.8, 4) is 0 Å². The average molecular weight is 407 g/mol. The maximum atomic E-state index is 13.8. The molecule has 29 heavy (non-hydrogen) atoms. The van der Waals surface area contributed by atoms with Gasteiger partial charge < -0.3 is 25.6 Å². The van der Waals surface area contributed by atoms with Crippen molar-refractivity contribution in [2.24, 2.45) is 5.92 Å². The minimum absolute atomic E-state index is 0.00167. The molecule has 2 aromatic carbocycles. The minimum atomic E-state index is -5.37. The van der Waals surface area contributed by atoms with Gasteiger partial charge in [-0.2, -0.15) is 13.2 Å². The molecule has 0 unspecified atom stereocenters. The summed E-state index contributed by atoms with van der Waals surface area (Å²) in [6.45, 7) is 0. The fourth-order valence-electron chi connectivity index (χ4n) is 3.23. The number of rotatable bonds is 4. The van der Waals surface area contributed by atoms with Crippen molar-refractivity contribution in [2.45, 2.75) is 17.9 Å². The molecule has 0 aliphatic carbocycles. The van der Waals surface area contributed by atoms with E-state index in [1.165, 1.54) is 29.6 Å². The van der Waals surface area contributed by atoms with Gasteiger partial charge in [-0.3, -0.25) is 4.79 Å². The molecule has 2 aromatic rings. The number of aliphatic hydroxyl groups is 1. The van der Waals surface area contributed by atoms with E-state index in [9.17, 15) is 37.8 Å². The fraction of sp³-hybridized carbons (Fsp3) is 0.211. The number of alkyl halides is 3. The quantitative estimate of drug-likeness (QED) is 0.658. The number of hydrogen-bond donors (Lipinski definition) is 3. The monoisotopic (exact) mass is 407 g/mol. The minimum Gasteiger partial charge on any atom is -0.545 e. The molecule has 0 spiro atoms. The third-order valence-electron chi connectivity index (χ3n) is 4.65. The van der Waals surface area contributed by atoms with Crippen molar-refractivity contribution in [2.75, 3.05) is 0 Å². The molecule has 7 nitrogen and oxygen atoms in total. The van der Waals surface area contributed by atoms with Gasteiger partial charge in [0.05, 0.1) is 12.0 Å². The van der Waals surface area contributed by atoms with E-state index in [1.807, 2.05) is 0 Å². The Morgan fingerprint density at radius 2 is 1.59 bits per heavy atom.